The van der Waals surface area contributed by atoms with Gasteiger partial charge in [0, 0.05) is 6.42 Å². The fraction of sp³-hybridized carbons (Fsp3) is 0.273. The van der Waals surface area contributed by atoms with Crippen molar-refractivity contribution >= 4 is 17.8 Å². The Kier molecular flexibility index (Phi) is 4.47. The summed E-state index contributed by atoms with van der Waals surface area (Å²) in [5.74, 6) is -0.406. The molecule has 5 nitrogen and oxygen atoms in total. The van der Waals surface area contributed by atoms with Gasteiger partial charge in [0.25, 0.3) is 0 Å². The minimum atomic E-state index is -0.998. The van der Waals surface area contributed by atoms with Crippen LogP contribution < -0.4 is 0 Å². The van der Waals surface area contributed by atoms with Crippen LogP contribution in [0.15, 0.2) is 22.6 Å². The van der Waals surface area contributed by atoms with E-state index in [0.717, 1.165) is 0 Å². The van der Waals surface area contributed by atoms with Gasteiger partial charge in [0.15, 0.2) is 5.78 Å². The lowest BCUT2D eigenvalue weighted by molar-refractivity contribution is -0.138. The molecule has 0 atom stereocenters. The summed E-state index contributed by atoms with van der Waals surface area (Å²) in [6.45, 7) is -0.194. The number of carbonyl (C=O) groups is 2. The van der Waals surface area contributed by atoms with Gasteiger partial charge < -0.3 is 14.6 Å². The average Bonchev–Trinajstić information content (AvgIpc) is 2.71. The molecule has 86 valence electrons. The first-order valence-electron chi connectivity index (χ1n) is 4.74. The molecule has 0 aliphatic rings. The molecule has 0 aliphatic heterocycles. The van der Waals surface area contributed by atoms with Crippen molar-refractivity contribution in [3.63, 3.8) is 0 Å². The number of aliphatic hydroxyl groups is 1. The first-order valence-corrected chi connectivity index (χ1v) is 4.74. The summed E-state index contributed by atoms with van der Waals surface area (Å²) in [6.07, 6.45) is 2.51. The summed E-state index contributed by atoms with van der Waals surface area (Å²) in [5.41, 5.74) is 0. The third kappa shape index (κ3) is 4.10. The van der Waals surface area contributed by atoms with E-state index in [1.807, 2.05) is 0 Å². The number of allylic oxidation sites excluding steroid dienone is 1. The number of carboxylic acid groups (broad SMARTS) is 1. The first kappa shape index (κ1) is 12.2. The third-order valence-corrected chi connectivity index (χ3v) is 1.86. The van der Waals surface area contributed by atoms with Crippen LogP contribution in [0.5, 0.6) is 0 Å². The van der Waals surface area contributed by atoms with Crippen LogP contribution in [0.1, 0.15) is 24.4 Å². The molecule has 0 fully saturated rings. The van der Waals surface area contributed by atoms with Gasteiger partial charge in [0.2, 0.25) is 0 Å². The molecule has 0 aromatic carbocycles. The summed E-state index contributed by atoms with van der Waals surface area (Å²) < 4.78 is 5.10. The SMILES string of the molecule is O=C(O)CCC(=O)/C=C/c1ccc(CO)o1. The van der Waals surface area contributed by atoms with E-state index in [-0.39, 0.29) is 25.2 Å². The summed E-state index contributed by atoms with van der Waals surface area (Å²) in [7, 11) is 0. The van der Waals surface area contributed by atoms with Gasteiger partial charge in [0.05, 0.1) is 6.42 Å². The average molecular weight is 224 g/mol. The van der Waals surface area contributed by atoms with Gasteiger partial charge >= 0.3 is 5.97 Å². The molecule has 1 heterocycles. The Morgan fingerprint density at radius 3 is 2.62 bits per heavy atom. The number of carbonyl (C=O) groups excluding carboxylic acids is 1. The van der Waals surface area contributed by atoms with Gasteiger partial charge in [-0.25, -0.2) is 0 Å². The molecule has 1 aromatic rings. The Hall–Kier alpha value is -1.88. The van der Waals surface area contributed by atoms with Crippen molar-refractivity contribution in [2.24, 2.45) is 0 Å². The lowest BCUT2D eigenvalue weighted by Gasteiger charge is -1.90. The lowest BCUT2D eigenvalue weighted by Crippen LogP contribution is -1.99. The zero-order valence-corrected chi connectivity index (χ0v) is 8.55. The van der Waals surface area contributed by atoms with Crippen LogP contribution in [0, 0.1) is 0 Å². The maximum absolute atomic E-state index is 11.2. The van der Waals surface area contributed by atoms with Crippen LogP contribution in [-0.4, -0.2) is 22.0 Å². The Bertz CT molecular complexity index is 402. The molecular formula is C11H12O5. The number of ketones is 1. The zero-order chi connectivity index (χ0) is 12.0. The number of hydrogen-bond donors (Lipinski definition) is 2. The second-order valence-corrected chi connectivity index (χ2v) is 3.16. The van der Waals surface area contributed by atoms with Crippen LogP contribution in [0.25, 0.3) is 6.08 Å². The predicted octanol–water partition coefficient (Wildman–Crippen LogP) is 1.22. The second kappa shape index (κ2) is 5.87. The number of rotatable bonds is 6. The standard InChI is InChI=1S/C11H12O5/c12-7-10-5-4-9(16-10)3-1-8(13)2-6-11(14)15/h1,3-5,12H,2,6-7H2,(H,14,15)/b3-1+. The highest BCUT2D eigenvalue weighted by molar-refractivity contribution is 5.94. The summed E-state index contributed by atoms with van der Waals surface area (Å²) in [6, 6.07) is 3.22. The summed E-state index contributed by atoms with van der Waals surface area (Å²) in [5, 5.41) is 17.1. The number of aliphatic carboxylic acids is 1. The van der Waals surface area contributed by atoms with Crippen molar-refractivity contribution in [1.29, 1.82) is 0 Å². The Morgan fingerprint density at radius 1 is 1.31 bits per heavy atom. The van der Waals surface area contributed by atoms with Crippen LogP contribution in [0.4, 0.5) is 0 Å². The van der Waals surface area contributed by atoms with E-state index < -0.39 is 5.97 Å². The van der Waals surface area contributed by atoms with Crippen molar-refractivity contribution in [2.45, 2.75) is 19.4 Å². The first-order chi connectivity index (χ1) is 7.61. The second-order valence-electron chi connectivity index (χ2n) is 3.16. The molecule has 0 spiro atoms. The Balaban J connectivity index is 2.46. The number of carboxylic acids is 1. The van der Waals surface area contributed by atoms with Crippen LogP contribution in [0.3, 0.4) is 0 Å². The molecule has 1 aromatic heterocycles. The molecule has 0 saturated carbocycles. The predicted molar refractivity (Wildman–Crippen MR) is 55.5 cm³/mol. The van der Waals surface area contributed by atoms with Crippen LogP contribution >= 0.6 is 0 Å². The van der Waals surface area contributed by atoms with E-state index >= 15 is 0 Å². The number of aliphatic hydroxyl groups excluding tert-OH is 1. The normalized spacial score (nSPS) is 10.8. The monoisotopic (exact) mass is 224 g/mol. The Labute approximate surface area is 92.0 Å². The molecule has 0 unspecified atom stereocenters. The van der Waals surface area contributed by atoms with Crippen molar-refractivity contribution < 1.29 is 24.2 Å². The van der Waals surface area contributed by atoms with Gasteiger partial charge in [-0.05, 0) is 24.3 Å². The molecule has 0 radical (unpaired) electrons. The maximum atomic E-state index is 11.2. The fourth-order valence-electron chi connectivity index (χ4n) is 1.06. The van der Waals surface area contributed by atoms with E-state index in [2.05, 4.69) is 0 Å². The van der Waals surface area contributed by atoms with E-state index in [0.29, 0.717) is 11.5 Å². The van der Waals surface area contributed by atoms with E-state index in [1.54, 1.807) is 12.1 Å². The van der Waals surface area contributed by atoms with Gasteiger partial charge in [-0.3, -0.25) is 9.59 Å². The molecular weight excluding hydrogens is 212 g/mol. The van der Waals surface area contributed by atoms with Crippen molar-refractivity contribution in [1.82, 2.24) is 0 Å². The highest BCUT2D eigenvalue weighted by Crippen LogP contribution is 2.09. The largest absolute Gasteiger partial charge is 0.481 e. The zero-order valence-electron chi connectivity index (χ0n) is 8.55. The molecule has 0 aliphatic carbocycles. The smallest absolute Gasteiger partial charge is 0.303 e. The maximum Gasteiger partial charge on any atom is 0.303 e. The highest BCUT2D eigenvalue weighted by Gasteiger charge is 2.02. The van der Waals surface area contributed by atoms with Gasteiger partial charge in [-0.15, -0.1) is 0 Å². The van der Waals surface area contributed by atoms with Gasteiger partial charge in [-0.2, -0.15) is 0 Å². The van der Waals surface area contributed by atoms with Crippen molar-refractivity contribution in [3.8, 4) is 0 Å². The summed E-state index contributed by atoms with van der Waals surface area (Å²) in [4.78, 5) is 21.4. The number of hydrogen-bond acceptors (Lipinski definition) is 4. The van der Waals surface area contributed by atoms with E-state index in [1.165, 1.54) is 12.2 Å². The quantitative estimate of drug-likeness (QED) is 0.709. The molecule has 0 bridgehead atoms. The molecule has 0 saturated heterocycles. The minimum absolute atomic E-state index is 0.0284. The van der Waals surface area contributed by atoms with Crippen molar-refractivity contribution in [3.05, 3.63) is 29.7 Å². The van der Waals surface area contributed by atoms with Crippen molar-refractivity contribution in [2.75, 3.05) is 0 Å². The topological polar surface area (TPSA) is 87.7 Å². The molecule has 5 heteroatoms. The molecule has 16 heavy (non-hydrogen) atoms. The number of furan rings is 1. The van der Waals surface area contributed by atoms with Gasteiger partial charge in [0.1, 0.15) is 18.1 Å². The highest BCUT2D eigenvalue weighted by atomic mass is 16.4. The van der Waals surface area contributed by atoms with Crippen LogP contribution in [0.2, 0.25) is 0 Å². The lowest BCUT2D eigenvalue weighted by atomic mass is 10.2. The van der Waals surface area contributed by atoms with Gasteiger partial charge in [-0.1, -0.05) is 0 Å². The minimum Gasteiger partial charge on any atom is -0.481 e. The van der Waals surface area contributed by atoms with E-state index in [9.17, 15) is 9.59 Å². The molecule has 1 rings (SSSR count). The Morgan fingerprint density at radius 2 is 2.06 bits per heavy atom. The summed E-state index contributed by atoms with van der Waals surface area (Å²) >= 11 is 0. The molecule has 0 amide bonds. The van der Waals surface area contributed by atoms with Crippen LogP contribution in [-0.2, 0) is 16.2 Å². The third-order valence-electron chi connectivity index (χ3n) is 1.86. The fourth-order valence-corrected chi connectivity index (χ4v) is 1.06. The molecule has 2 N–H and O–H groups in total. The van der Waals surface area contributed by atoms with E-state index in [4.69, 9.17) is 14.6 Å².